The van der Waals surface area contributed by atoms with E-state index in [1.54, 1.807) is 24.3 Å². The van der Waals surface area contributed by atoms with Gasteiger partial charge in [0.1, 0.15) is 11.9 Å². The molecule has 0 radical (unpaired) electrons. The summed E-state index contributed by atoms with van der Waals surface area (Å²) in [6, 6.07) is 21.4. The molecule has 33 heavy (non-hydrogen) atoms. The summed E-state index contributed by atoms with van der Waals surface area (Å²) in [5.41, 5.74) is 3.86. The fourth-order valence-corrected chi connectivity index (χ4v) is 4.60. The molecule has 1 atom stereocenters. The molecular formula is C27H25FN2O3. The standard InChI is InChI=1S/C27H25FN2O3/c28-22-8-10-23(11-9-22)29-13-4-14-30(16-15-29)26(31)20-7-12-24-21(17-20)18-25(33-27(24)32)19-5-2-1-3-6-19/h1-3,5-12,17,25H,4,13-16,18H2. The number of rotatable bonds is 3. The van der Waals surface area contributed by atoms with Crippen molar-refractivity contribution in [1.82, 2.24) is 4.90 Å². The Morgan fingerprint density at radius 3 is 2.48 bits per heavy atom. The Labute approximate surface area is 192 Å². The fraction of sp³-hybridized carbons (Fsp3) is 0.259. The van der Waals surface area contributed by atoms with Crippen LogP contribution < -0.4 is 4.90 Å². The number of ether oxygens (including phenoxy) is 1. The van der Waals surface area contributed by atoms with Gasteiger partial charge < -0.3 is 14.5 Å². The second-order valence-electron chi connectivity index (χ2n) is 8.49. The maximum Gasteiger partial charge on any atom is 0.339 e. The molecule has 3 aromatic rings. The molecule has 0 saturated carbocycles. The van der Waals surface area contributed by atoms with Crippen LogP contribution in [0.2, 0.25) is 0 Å². The number of fused-ring (bicyclic) bond motifs is 1. The minimum atomic E-state index is -0.353. The van der Waals surface area contributed by atoms with Crippen molar-refractivity contribution in [1.29, 1.82) is 0 Å². The maximum atomic E-state index is 13.3. The highest BCUT2D eigenvalue weighted by Gasteiger charge is 2.29. The average molecular weight is 445 g/mol. The van der Waals surface area contributed by atoms with Gasteiger partial charge in [0.2, 0.25) is 0 Å². The zero-order chi connectivity index (χ0) is 22.8. The topological polar surface area (TPSA) is 49.9 Å². The molecule has 3 aromatic carbocycles. The van der Waals surface area contributed by atoms with Crippen LogP contribution in [-0.4, -0.2) is 43.0 Å². The van der Waals surface area contributed by atoms with Crippen LogP contribution in [0.15, 0.2) is 72.8 Å². The molecule has 1 saturated heterocycles. The van der Waals surface area contributed by atoms with Gasteiger partial charge in [-0.2, -0.15) is 0 Å². The number of carbonyl (C=O) groups is 2. The Morgan fingerprint density at radius 2 is 1.70 bits per heavy atom. The van der Waals surface area contributed by atoms with E-state index in [1.807, 2.05) is 41.3 Å². The molecule has 5 nitrogen and oxygen atoms in total. The monoisotopic (exact) mass is 444 g/mol. The maximum absolute atomic E-state index is 13.3. The van der Waals surface area contributed by atoms with Crippen molar-refractivity contribution >= 4 is 17.6 Å². The lowest BCUT2D eigenvalue weighted by Crippen LogP contribution is -2.35. The number of benzene rings is 3. The predicted molar refractivity (Wildman–Crippen MR) is 124 cm³/mol. The number of halogens is 1. The van der Waals surface area contributed by atoms with E-state index in [0.29, 0.717) is 37.2 Å². The van der Waals surface area contributed by atoms with Crippen LogP contribution >= 0.6 is 0 Å². The van der Waals surface area contributed by atoms with Crippen LogP contribution in [0.4, 0.5) is 10.1 Å². The first-order chi connectivity index (χ1) is 16.1. The molecule has 2 aliphatic rings. The summed E-state index contributed by atoms with van der Waals surface area (Å²) in [4.78, 5) is 29.9. The van der Waals surface area contributed by atoms with E-state index < -0.39 is 0 Å². The van der Waals surface area contributed by atoms with E-state index in [-0.39, 0.29) is 23.8 Å². The molecule has 0 aliphatic carbocycles. The van der Waals surface area contributed by atoms with Gasteiger partial charge in [0.05, 0.1) is 5.56 Å². The molecule has 1 unspecified atom stereocenters. The lowest BCUT2D eigenvalue weighted by molar-refractivity contribution is 0.0252. The number of nitrogens with zero attached hydrogens (tertiary/aromatic N) is 2. The zero-order valence-corrected chi connectivity index (χ0v) is 18.2. The van der Waals surface area contributed by atoms with Crippen LogP contribution in [0.25, 0.3) is 0 Å². The highest BCUT2D eigenvalue weighted by atomic mass is 19.1. The van der Waals surface area contributed by atoms with Gasteiger partial charge in [-0.25, -0.2) is 9.18 Å². The van der Waals surface area contributed by atoms with Crippen LogP contribution in [-0.2, 0) is 11.2 Å². The van der Waals surface area contributed by atoms with E-state index in [2.05, 4.69) is 4.90 Å². The number of anilines is 1. The summed E-state index contributed by atoms with van der Waals surface area (Å²) in [7, 11) is 0. The van der Waals surface area contributed by atoms with Crippen molar-refractivity contribution in [3.8, 4) is 0 Å². The highest BCUT2D eigenvalue weighted by Crippen LogP contribution is 2.31. The molecular weight excluding hydrogens is 419 g/mol. The van der Waals surface area contributed by atoms with Crippen molar-refractivity contribution in [2.24, 2.45) is 0 Å². The van der Waals surface area contributed by atoms with Crippen molar-refractivity contribution in [3.05, 3.63) is 101 Å². The van der Waals surface area contributed by atoms with E-state index >= 15 is 0 Å². The number of carbonyl (C=O) groups excluding carboxylic acids is 2. The molecule has 0 spiro atoms. The Kier molecular flexibility index (Phi) is 5.82. The first-order valence-electron chi connectivity index (χ1n) is 11.3. The average Bonchev–Trinajstić information content (AvgIpc) is 3.10. The zero-order valence-electron chi connectivity index (χ0n) is 18.2. The summed E-state index contributed by atoms with van der Waals surface area (Å²) in [6.45, 7) is 2.74. The molecule has 2 aliphatic heterocycles. The van der Waals surface area contributed by atoms with Gasteiger partial charge in [-0.15, -0.1) is 0 Å². The summed E-state index contributed by atoms with van der Waals surface area (Å²) >= 11 is 0. The molecule has 0 N–H and O–H groups in total. The summed E-state index contributed by atoms with van der Waals surface area (Å²) < 4.78 is 18.9. The van der Waals surface area contributed by atoms with Crippen molar-refractivity contribution < 1.29 is 18.7 Å². The van der Waals surface area contributed by atoms with E-state index in [9.17, 15) is 14.0 Å². The quantitative estimate of drug-likeness (QED) is 0.553. The van der Waals surface area contributed by atoms with Crippen LogP contribution in [0.1, 0.15) is 44.4 Å². The molecule has 1 amide bonds. The van der Waals surface area contributed by atoms with Gasteiger partial charge in [-0.1, -0.05) is 30.3 Å². The van der Waals surface area contributed by atoms with E-state index in [4.69, 9.17) is 4.74 Å². The molecule has 5 rings (SSSR count). The molecule has 2 heterocycles. The van der Waals surface area contributed by atoms with Gasteiger partial charge in [0.15, 0.2) is 0 Å². The Balaban J connectivity index is 1.31. The summed E-state index contributed by atoms with van der Waals surface area (Å²) in [5, 5.41) is 0. The third-order valence-electron chi connectivity index (χ3n) is 6.37. The highest BCUT2D eigenvalue weighted by molar-refractivity contribution is 5.98. The predicted octanol–water partition coefficient (Wildman–Crippen LogP) is 4.63. The normalized spacial score (nSPS) is 18.3. The third kappa shape index (κ3) is 4.46. The first kappa shape index (κ1) is 21.2. The van der Waals surface area contributed by atoms with Crippen LogP contribution in [0.3, 0.4) is 0 Å². The minimum Gasteiger partial charge on any atom is -0.454 e. The SMILES string of the molecule is O=C1OC(c2ccccc2)Cc2cc(C(=O)N3CCCN(c4ccc(F)cc4)CC3)ccc21. The van der Waals surface area contributed by atoms with Gasteiger partial charge in [0.25, 0.3) is 5.91 Å². The van der Waals surface area contributed by atoms with Gasteiger partial charge in [0, 0.05) is 43.9 Å². The van der Waals surface area contributed by atoms with Gasteiger partial charge >= 0.3 is 5.97 Å². The third-order valence-corrected chi connectivity index (χ3v) is 6.37. The van der Waals surface area contributed by atoms with E-state index in [1.165, 1.54) is 12.1 Å². The van der Waals surface area contributed by atoms with Gasteiger partial charge in [-0.3, -0.25) is 4.79 Å². The van der Waals surface area contributed by atoms with Crippen molar-refractivity contribution in [3.63, 3.8) is 0 Å². The van der Waals surface area contributed by atoms with Crippen LogP contribution in [0, 0.1) is 5.82 Å². The van der Waals surface area contributed by atoms with Crippen LogP contribution in [0.5, 0.6) is 0 Å². The largest absolute Gasteiger partial charge is 0.454 e. The Bertz CT molecular complexity index is 1160. The van der Waals surface area contributed by atoms with Crippen molar-refractivity contribution in [2.45, 2.75) is 18.9 Å². The molecule has 0 aromatic heterocycles. The number of esters is 1. The Hall–Kier alpha value is -3.67. The number of cyclic esters (lactones) is 1. The minimum absolute atomic E-state index is 0.0334. The van der Waals surface area contributed by atoms with Gasteiger partial charge in [-0.05, 0) is 60.0 Å². The second kappa shape index (κ2) is 9.06. The first-order valence-corrected chi connectivity index (χ1v) is 11.3. The number of hydrogen-bond acceptors (Lipinski definition) is 4. The van der Waals surface area contributed by atoms with E-state index in [0.717, 1.165) is 29.8 Å². The second-order valence-corrected chi connectivity index (χ2v) is 8.49. The fourth-order valence-electron chi connectivity index (χ4n) is 4.60. The lowest BCUT2D eigenvalue weighted by Gasteiger charge is -2.26. The molecule has 168 valence electrons. The molecule has 0 bridgehead atoms. The summed E-state index contributed by atoms with van der Waals surface area (Å²) in [5.74, 6) is -0.640. The molecule has 1 fully saturated rings. The number of amides is 1. The smallest absolute Gasteiger partial charge is 0.339 e. The number of hydrogen-bond donors (Lipinski definition) is 0. The Morgan fingerprint density at radius 1 is 0.909 bits per heavy atom. The molecule has 6 heteroatoms. The summed E-state index contributed by atoms with van der Waals surface area (Å²) in [6.07, 6.45) is 1.03. The lowest BCUT2D eigenvalue weighted by atomic mass is 9.93. The van der Waals surface area contributed by atoms with Crippen molar-refractivity contribution in [2.75, 3.05) is 31.1 Å².